The summed E-state index contributed by atoms with van der Waals surface area (Å²) in [5.41, 5.74) is 5.93. The van der Waals surface area contributed by atoms with E-state index >= 15 is 0 Å². The lowest BCUT2D eigenvalue weighted by atomic mass is 9.97. The second-order valence-corrected chi connectivity index (χ2v) is 10.7. The Kier molecular flexibility index (Phi) is 7.79. The number of furan rings is 1. The molecule has 2 aromatic heterocycles. The average Bonchev–Trinajstić information content (AvgIpc) is 3.37. The molecule has 1 fully saturated rings. The van der Waals surface area contributed by atoms with Gasteiger partial charge in [0.2, 0.25) is 5.91 Å². The maximum atomic E-state index is 14.1. The molecule has 5 rings (SSSR count). The SMILES string of the molecule is CC1(C)CNCCN1C(=O)c1ccc(-c2cc(C(F)(F)F)c3oc(CNC(=O)C=Cc4ccc(N)nc4)cc3c2)cc1. The number of alkyl halides is 3. The Hall–Kier alpha value is -4.64. The van der Waals surface area contributed by atoms with Gasteiger partial charge in [0.25, 0.3) is 5.91 Å². The van der Waals surface area contributed by atoms with Crippen molar-refractivity contribution in [1.29, 1.82) is 0 Å². The van der Waals surface area contributed by atoms with Crippen LogP contribution in [-0.2, 0) is 17.5 Å². The van der Waals surface area contributed by atoms with Crippen molar-refractivity contribution in [3.05, 3.63) is 89.3 Å². The number of nitrogen functional groups attached to an aromatic ring is 1. The Bertz CT molecular complexity index is 1640. The van der Waals surface area contributed by atoms with Gasteiger partial charge in [-0.2, -0.15) is 13.2 Å². The van der Waals surface area contributed by atoms with E-state index in [4.69, 9.17) is 10.2 Å². The topological polar surface area (TPSA) is 113 Å². The first-order chi connectivity index (χ1) is 19.9. The molecule has 0 bridgehead atoms. The van der Waals surface area contributed by atoms with Crippen LogP contribution >= 0.6 is 0 Å². The third kappa shape index (κ3) is 6.31. The summed E-state index contributed by atoms with van der Waals surface area (Å²) < 4.78 is 47.7. The Morgan fingerprint density at radius 1 is 1.12 bits per heavy atom. The van der Waals surface area contributed by atoms with Crippen LogP contribution < -0.4 is 16.4 Å². The molecule has 3 heterocycles. The fraction of sp³-hybridized carbons (Fsp3) is 0.258. The van der Waals surface area contributed by atoms with Gasteiger partial charge in [-0.1, -0.05) is 12.1 Å². The maximum Gasteiger partial charge on any atom is 0.420 e. The van der Waals surface area contributed by atoms with Crippen LogP contribution in [0.25, 0.3) is 28.2 Å². The quantitative estimate of drug-likeness (QED) is 0.270. The lowest BCUT2D eigenvalue weighted by Gasteiger charge is -2.42. The minimum absolute atomic E-state index is 0.107. The van der Waals surface area contributed by atoms with E-state index < -0.39 is 17.6 Å². The van der Waals surface area contributed by atoms with Crippen molar-refractivity contribution >= 4 is 34.7 Å². The van der Waals surface area contributed by atoms with Gasteiger partial charge in [0.15, 0.2) is 0 Å². The van der Waals surface area contributed by atoms with Gasteiger partial charge in [0.05, 0.1) is 17.6 Å². The smallest absolute Gasteiger partial charge is 0.420 e. The van der Waals surface area contributed by atoms with Crippen molar-refractivity contribution in [3.8, 4) is 11.1 Å². The summed E-state index contributed by atoms with van der Waals surface area (Å²) in [4.78, 5) is 31.2. The zero-order chi connectivity index (χ0) is 30.1. The van der Waals surface area contributed by atoms with Crippen LogP contribution in [0.5, 0.6) is 0 Å². The molecule has 2 amide bonds. The molecule has 0 aliphatic carbocycles. The number of nitrogens with one attached hydrogen (secondary N) is 2. The molecule has 218 valence electrons. The number of rotatable bonds is 6. The van der Waals surface area contributed by atoms with E-state index in [1.54, 1.807) is 42.5 Å². The van der Waals surface area contributed by atoms with Crippen LogP contribution in [-0.4, -0.2) is 46.9 Å². The maximum absolute atomic E-state index is 14.1. The molecule has 0 atom stereocenters. The van der Waals surface area contributed by atoms with E-state index in [1.807, 2.05) is 18.7 Å². The fourth-order valence-corrected chi connectivity index (χ4v) is 4.91. The standard InChI is InChI=1S/C31H30F3N5O3/c1-30(2)18-36-11-12-39(30)29(41)21-7-5-20(6-8-21)22-13-23-14-24(42-28(23)25(15-22)31(32,33)34)17-38-27(40)10-4-19-3-9-26(35)37-16-19/h3-10,13-16,36H,11-12,17-18H2,1-2H3,(H2,35,37)(H,38,40). The minimum Gasteiger partial charge on any atom is -0.459 e. The van der Waals surface area contributed by atoms with Crippen LogP contribution in [0.3, 0.4) is 0 Å². The van der Waals surface area contributed by atoms with Crippen molar-refractivity contribution in [2.24, 2.45) is 0 Å². The first kappa shape index (κ1) is 28.9. The zero-order valence-corrected chi connectivity index (χ0v) is 23.1. The van der Waals surface area contributed by atoms with Gasteiger partial charge >= 0.3 is 6.18 Å². The highest BCUT2D eigenvalue weighted by Crippen LogP contribution is 2.39. The summed E-state index contributed by atoms with van der Waals surface area (Å²) in [6.07, 6.45) is -0.343. The number of carbonyl (C=O) groups is 2. The highest BCUT2D eigenvalue weighted by molar-refractivity contribution is 5.96. The van der Waals surface area contributed by atoms with Gasteiger partial charge in [0, 0.05) is 42.9 Å². The monoisotopic (exact) mass is 577 g/mol. The second-order valence-electron chi connectivity index (χ2n) is 10.7. The number of nitrogens with zero attached hydrogens (tertiary/aromatic N) is 2. The number of hydrogen-bond donors (Lipinski definition) is 3. The number of fused-ring (bicyclic) bond motifs is 1. The van der Waals surface area contributed by atoms with E-state index in [0.29, 0.717) is 47.7 Å². The number of aromatic nitrogens is 1. The average molecular weight is 578 g/mol. The number of halogens is 3. The molecule has 1 aliphatic rings. The largest absolute Gasteiger partial charge is 0.459 e. The number of pyridine rings is 1. The Morgan fingerprint density at radius 2 is 1.88 bits per heavy atom. The minimum atomic E-state index is -4.67. The molecule has 4 N–H and O–H groups in total. The molecule has 1 saturated heterocycles. The van der Waals surface area contributed by atoms with Gasteiger partial charge in [0.1, 0.15) is 17.2 Å². The summed E-state index contributed by atoms with van der Waals surface area (Å²) in [6, 6.07) is 14.0. The van der Waals surface area contributed by atoms with E-state index in [-0.39, 0.29) is 34.7 Å². The molecule has 2 aromatic carbocycles. The summed E-state index contributed by atoms with van der Waals surface area (Å²) in [5.74, 6) is -0.0584. The number of benzene rings is 2. The third-order valence-electron chi connectivity index (χ3n) is 7.16. The number of nitrogens with two attached hydrogens (primary N) is 1. The highest BCUT2D eigenvalue weighted by Gasteiger charge is 2.36. The van der Waals surface area contributed by atoms with Crippen LogP contribution in [0.1, 0.15) is 41.1 Å². The zero-order valence-electron chi connectivity index (χ0n) is 23.1. The normalized spacial score (nSPS) is 15.3. The molecule has 0 unspecified atom stereocenters. The van der Waals surface area contributed by atoms with Crippen molar-refractivity contribution in [1.82, 2.24) is 20.5 Å². The molecule has 0 radical (unpaired) electrons. The summed E-state index contributed by atoms with van der Waals surface area (Å²) in [6.45, 7) is 5.80. The predicted molar refractivity (Wildman–Crippen MR) is 154 cm³/mol. The number of piperazine rings is 1. The Morgan fingerprint density at radius 3 is 2.55 bits per heavy atom. The van der Waals surface area contributed by atoms with E-state index in [9.17, 15) is 22.8 Å². The number of carbonyl (C=O) groups excluding carboxylic acids is 2. The molecular weight excluding hydrogens is 547 g/mol. The molecule has 42 heavy (non-hydrogen) atoms. The van der Waals surface area contributed by atoms with Crippen molar-refractivity contribution < 1.29 is 27.2 Å². The summed E-state index contributed by atoms with van der Waals surface area (Å²) >= 11 is 0. The van der Waals surface area contributed by atoms with Crippen molar-refractivity contribution in [2.75, 3.05) is 25.4 Å². The first-order valence-electron chi connectivity index (χ1n) is 13.3. The first-order valence-corrected chi connectivity index (χ1v) is 13.3. The van der Waals surface area contributed by atoms with Crippen molar-refractivity contribution in [2.45, 2.75) is 32.1 Å². The van der Waals surface area contributed by atoms with E-state index in [2.05, 4.69) is 15.6 Å². The molecule has 0 saturated carbocycles. The fourth-order valence-electron chi connectivity index (χ4n) is 4.91. The van der Waals surface area contributed by atoms with Gasteiger partial charge in [-0.05, 0) is 79.1 Å². The lowest BCUT2D eigenvalue weighted by molar-refractivity contribution is -0.136. The third-order valence-corrected chi connectivity index (χ3v) is 7.16. The molecular formula is C31H30F3N5O3. The summed E-state index contributed by atoms with van der Waals surface area (Å²) in [7, 11) is 0. The lowest BCUT2D eigenvalue weighted by Crippen LogP contribution is -2.59. The molecule has 0 spiro atoms. The van der Waals surface area contributed by atoms with Crippen LogP contribution in [0.4, 0.5) is 19.0 Å². The van der Waals surface area contributed by atoms with Gasteiger partial charge in [-0.15, -0.1) is 0 Å². The second kappa shape index (κ2) is 11.3. The van der Waals surface area contributed by atoms with Crippen LogP contribution in [0.2, 0.25) is 0 Å². The molecule has 4 aromatic rings. The number of anilines is 1. The Labute approximate surface area is 240 Å². The summed E-state index contributed by atoms with van der Waals surface area (Å²) in [5, 5.41) is 6.14. The van der Waals surface area contributed by atoms with E-state index in [0.717, 1.165) is 6.07 Å². The van der Waals surface area contributed by atoms with Crippen molar-refractivity contribution in [3.63, 3.8) is 0 Å². The highest BCUT2D eigenvalue weighted by atomic mass is 19.4. The molecule has 11 heteroatoms. The Balaban J connectivity index is 1.36. The van der Waals surface area contributed by atoms with Gasteiger partial charge in [-0.25, -0.2) is 4.98 Å². The van der Waals surface area contributed by atoms with Gasteiger partial charge < -0.3 is 25.7 Å². The molecule has 8 nitrogen and oxygen atoms in total. The van der Waals surface area contributed by atoms with Gasteiger partial charge in [-0.3, -0.25) is 9.59 Å². The van der Waals surface area contributed by atoms with E-state index in [1.165, 1.54) is 24.4 Å². The van der Waals surface area contributed by atoms with Crippen LogP contribution in [0, 0.1) is 0 Å². The number of amides is 2. The van der Waals surface area contributed by atoms with Crippen LogP contribution in [0.15, 0.2) is 71.3 Å². The molecule has 1 aliphatic heterocycles. The predicted octanol–water partition coefficient (Wildman–Crippen LogP) is 5.25. The number of hydrogen-bond acceptors (Lipinski definition) is 6.